The lowest BCUT2D eigenvalue weighted by Gasteiger charge is -2.15. The third-order valence-electron chi connectivity index (χ3n) is 3.64. The Kier molecular flexibility index (Phi) is 4.36. The number of H-pyrrole nitrogens is 1. The van der Waals surface area contributed by atoms with Crippen molar-refractivity contribution in [1.29, 1.82) is 0 Å². The quantitative estimate of drug-likeness (QED) is 0.703. The van der Waals surface area contributed by atoms with Gasteiger partial charge in [-0.25, -0.2) is 4.98 Å². The van der Waals surface area contributed by atoms with Gasteiger partial charge >= 0.3 is 0 Å². The van der Waals surface area contributed by atoms with E-state index in [9.17, 15) is 4.79 Å². The highest BCUT2D eigenvalue weighted by molar-refractivity contribution is 7.18. The largest absolute Gasteiger partial charge is 0.481 e. The second kappa shape index (κ2) is 6.15. The van der Waals surface area contributed by atoms with E-state index < -0.39 is 6.10 Å². The van der Waals surface area contributed by atoms with Gasteiger partial charge < -0.3 is 9.72 Å². The summed E-state index contributed by atoms with van der Waals surface area (Å²) in [6.07, 6.45) is -0.467. The van der Waals surface area contributed by atoms with Crippen molar-refractivity contribution in [3.8, 4) is 5.75 Å². The first-order valence-corrected chi connectivity index (χ1v) is 8.55. The third kappa shape index (κ3) is 3.09. The molecule has 0 saturated carbocycles. The molecular formula is C16H14Cl2N2O2S. The topological polar surface area (TPSA) is 55.0 Å². The molecule has 2 heterocycles. The highest BCUT2D eigenvalue weighted by atomic mass is 35.5. The van der Waals surface area contributed by atoms with Crippen LogP contribution in [0.1, 0.15) is 29.3 Å². The maximum absolute atomic E-state index is 12.3. The first kappa shape index (κ1) is 16.3. The molecule has 0 unspecified atom stereocenters. The highest BCUT2D eigenvalue weighted by Crippen LogP contribution is 2.32. The number of nitrogens with one attached hydrogen (secondary N) is 1. The Labute approximate surface area is 147 Å². The Morgan fingerprint density at radius 1 is 1.30 bits per heavy atom. The molecule has 0 radical (unpaired) electrons. The molecule has 3 aromatic rings. The van der Waals surface area contributed by atoms with E-state index in [0.717, 1.165) is 10.4 Å². The van der Waals surface area contributed by atoms with Crippen molar-refractivity contribution >= 4 is 44.8 Å². The molecular weight excluding hydrogens is 355 g/mol. The molecule has 1 atom stereocenters. The fourth-order valence-corrected chi connectivity index (χ4v) is 3.64. The predicted molar refractivity (Wildman–Crippen MR) is 95.2 cm³/mol. The summed E-state index contributed by atoms with van der Waals surface area (Å²) in [5, 5.41) is 1.62. The summed E-state index contributed by atoms with van der Waals surface area (Å²) in [4.78, 5) is 21.4. The summed E-state index contributed by atoms with van der Waals surface area (Å²) >= 11 is 13.6. The third-order valence-corrected chi connectivity index (χ3v) is 5.29. The molecule has 1 aromatic carbocycles. The van der Waals surface area contributed by atoms with Crippen LogP contribution in [0.5, 0.6) is 5.75 Å². The molecule has 2 aromatic heterocycles. The van der Waals surface area contributed by atoms with Gasteiger partial charge in [0.2, 0.25) is 0 Å². The van der Waals surface area contributed by atoms with Gasteiger partial charge in [-0.3, -0.25) is 4.79 Å². The summed E-state index contributed by atoms with van der Waals surface area (Å²) in [6.45, 7) is 5.71. The van der Waals surface area contributed by atoms with Crippen molar-refractivity contribution in [2.75, 3.05) is 0 Å². The summed E-state index contributed by atoms with van der Waals surface area (Å²) in [7, 11) is 0. The standard InChI is InChI=1S/C16H14Cl2N2O2S/c1-7-9(3)23-16-13(7)15(21)19-14(20-16)8(2)22-12-6-10(17)4-5-11(12)18/h4-6,8H,1-3H3,(H,19,20,21)/t8-/m0/s1. The van der Waals surface area contributed by atoms with E-state index in [2.05, 4.69) is 9.97 Å². The molecule has 0 saturated heterocycles. The Hall–Kier alpha value is -1.56. The van der Waals surface area contributed by atoms with Crippen molar-refractivity contribution < 1.29 is 4.74 Å². The number of aromatic nitrogens is 2. The number of nitrogens with zero attached hydrogens (tertiary/aromatic N) is 1. The summed E-state index contributed by atoms with van der Waals surface area (Å²) in [5.74, 6) is 0.910. The van der Waals surface area contributed by atoms with E-state index in [1.165, 1.54) is 11.3 Å². The van der Waals surface area contributed by atoms with Crippen LogP contribution in [-0.2, 0) is 0 Å². The van der Waals surface area contributed by atoms with Gasteiger partial charge in [0.15, 0.2) is 11.9 Å². The summed E-state index contributed by atoms with van der Waals surface area (Å²) in [5.41, 5.74) is 0.816. The lowest BCUT2D eigenvalue weighted by Crippen LogP contribution is -2.16. The fraction of sp³-hybridized carbons (Fsp3) is 0.250. The molecule has 7 heteroatoms. The van der Waals surface area contributed by atoms with Crippen LogP contribution < -0.4 is 10.3 Å². The van der Waals surface area contributed by atoms with Crippen LogP contribution in [0, 0.1) is 13.8 Å². The number of halogens is 2. The van der Waals surface area contributed by atoms with Crippen LogP contribution in [0.25, 0.3) is 10.2 Å². The summed E-state index contributed by atoms with van der Waals surface area (Å²) < 4.78 is 5.81. The molecule has 0 bridgehead atoms. The first-order valence-electron chi connectivity index (χ1n) is 6.98. The van der Waals surface area contributed by atoms with Gasteiger partial charge in [0, 0.05) is 16.0 Å². The minimum absolute atomic E-state index is 0.153. The normalized spacial score (nSPS) is 12.6. The lowest BCUT2D eigenvalue weighted by atomic mass is 10.2. The van der Waals surface area contributed by atoms with Crippen LogP contribution >= 0.6 is 34.5 Å². The number of thiophene rings is 1. The van der Waals surface area contributed by atoms with Gasteiger partial charge in [-0.15, -0.1) is 11.3 Å². The van der Waals surface area contributed by atoms with Crippen molar-refractivity contribution in [3.63, 3.8) is 0 Å². The summed E-state index contributed by atoms with van der Waals surface area (Å²) in [6, 6.07) is 4.98. The number of fused-ring (bicyclic) bond motifs is 1. The van der Waals surface area contributed by atoms with Crippen molar-refractivity contribution in [3.05, 3.63) is 54.9 Å². The van der Waals surface area contributed by atoms with Gasteiger partial charge in [0.05, 0.1) is 10.4 Å². The average Bonchev–Trinajstić information content (AvgIpc) is 2.78. The van der Waals surface area contributed by atoms with Gasteiger partial charge in [-0.05, 0) is 38.5 Å². The van der Waals surface area contributed by atoms with Gasteiger partial charge in [0.1, 0.15) is 10.6 Å². The number of benzene rings is 1. The molecule has 0 aliphatic heterocycles. The zero-order valence-electron chi connectivity index (χ0n) is 12.7. The molecule has 0 amide bonds. The van der Waals surface area contributed by atoms with Gasteiger partial charge in [0.25, 0.3) is 5.56 Å². The molecule has 0 spiro atoms. The number of hydrogen-bond acceptors (Lipinski definition) is 4. The van der Waals surface area contributed by atoms with Crippen molar-refractivity contribution in [2.45, 2.75) is 26.9 Å². The Balaban J connectivity index is 1.99. The molecule has 0 aliphatic carbocycles. The zero-order valence-corrected chi connectivity index (χ0v) is 15.1. The van der Waals surface area contributed by atoms with Gasteiger partial charge in [-0.2, -0.15) is 0 Å². The van der Waals surface area contributed by atoms with Crippen LogP contribution in [0.4, 0.5) is 0 Å². The molecule has 1 N–H and O–H groups in total. The van der Waals surface area contributed by atoms with E-state index >= 15 is 0 Å². The first-order chi connectivity index (χ1) is 10.9. The Morgan fingerprint density at radius 3 is 2.78 bits per heavy atom. The van der Waals surface area contributed by atoms with E-state index in [1.54, 1.807) is 25.1 Å². The second-order valence-corrected chi connectivity index (χ2v) is 7.30. The van der Waals surface area contributed by atoms with Crippen LogP contribution in [0.2, 0.25) is 10.0 Å². The average molecular weight is 369 g/mol. The number of hydrogen-bond donors (Lipinski definition) is 1. The van der Waals surface area contributed by atoms with Crippen LogP contribution in [0.15, 0.2) is 23.0 Å². The fourth-order valence-electron chi connectivity index (χ4n) is 2.28. The second-order valence-electron chi connectivity index (χ2n) is 5.25. The van der Waals surface area contributed by atoms with E-state index in [-0.39, 0.29) is 5.56 Å². The number of ether oxygens (including phenoxy) is 1. The lowest BCUT2D eigenvalue weighted by molar-refractivity contribution is 0.217. The maximum atomic E-state index is 12.3. The van der Waals surface area contributed by atoms with Crippen LogP contribution in [0.3, 0.4) is 0 Å². The maximum Gasteiger partial charge on any atom is 0.260 e. The highest BCUT2D eigenvalue weighted by Gasteiger charge is 2.17. The van der Waals surface area contributed by atoms with Gasteiger partial charge in [-0.1, -0.05) is 23.2 Å². The number of aromatic amines is 1. The Bertz CT molecular complexity index is 949. The monoisotopic (exact) mass is 368 g/mol. The molecule has 0 fully saturated rings. The zero-order chi connectivity index (χ0) is 16.7. The molecule has 120 valence electrons. The van der Waals surface area contributed by atoms with Crippen molar-refractivity contribution in [1.82, 2.24) is 9.97 Å². The number of rotatable bonds is 3. The minimum Gasteiger partial charge on any atom is -0.481 e. The van der Waals surface area contributed by atoms with E-state index in [4.69, 9.17) is 27.9 Å². The van der Waals surface area contributed by atoms with Crippen LogP contribution in [-0.4, -0.2) is 9.97 Å². The molecule has 3 rings (SSSR count). The number of aryl methyl sites for hydroxylation is 2. The van der Waals surface area contributed by atoms with Crippen molar-refractivity contribution in [2.24, 2.45) is 0 Å². The molecule has 4 nitrogen and oxygen atoms in total. The molecule has 23 heavy (non-hydrogen) atoms. The Morgan fingerprint density at radius 2 is 2.04 bits per heavy atom. The minimum atomic E-state index is -0.467. The SMILES string of the molecule is Cc1sc2nc([C@H](C)Oc3cc(Cl)ccc3Cl)[nH]c(=O)c2c1C. The van der Waals surface area contributed by atoms with E-state index in [0.29, 0.717) is 31.8 Å². The smallest absolute Gasteiger partial charge is 0.260 e. The predicted octanol–water partition coefficient (Wildman–Crippen LogP) is 5.05. The molecule has 0 aliphatic rings. The van der Waals surface area contributed by atoms with E-state index in [1.807, 2.05) is 13.8 Å².